The number of hydrogen-bond acceptors (Lipinski definition) is 3. The number of rotatable bonds is 4. The van der Waals surface area contributed by atoms with Crippen molar-refractivity contribution >= 4 is 8.41 Å². The summed E-state index contributed by atoms with van der Waals surface area (Å²) in [4.78, 5) is 10.1. The Balaban J connectivity index is 0. The predicted octanol–water partition coefficient (Wildman–Crippen LogP) is 0.709. The van der Waals surface area contributed by atoms with Crippen LogP contribution in [0.1, 0.15) is 41.5 Å². The molecule has 4 heteroatoms. The van der Waals surface area contributed by atoms with E-state index in [2.05, 4.69) is 0 Å². The average Bonchev–Trinajstić information content (AvgIpc) is 1.81. The zero-order chi connectivity index (χ0) is 9.99. The lowest BCUT2D eigenvalue weighted by atomic mass is 9.90. The van der Waals surface area contributed by atoms with Gasteiger partial charge < -0.3 is 5.11 Å². The normalized spacial score (nSPS) is 12.9. The summed E-state index contributed by atoms with van der Waals surface area (Å²) in [6.07, 6.45) is 0.00613. The van der Waals surface area contributed by atoms with E-state index in [1.54, 1.807) is 27.7 Å². The molecule has 0 fully saturated rings. The van der Waals surface area contributed by atoms with E-state index in [0.717, 1.165) is 0 Å². The third-order valence-electron chi connectivity index (χ3n) is 1.92. The highest BCUT2D eigenvalue weighted by Gasteiger charge is 2.37. The van der Waals surface area contributed by atoms with Crippen LogP contribution in [-0.2, 0) is 9.78 Å². The van der Waals surface area contributed by atoms with Crippen LogP contribution in [0.2, 0.25) is 0 Å². The minimum Gasteiger partial charge on any atom is -0.387 e. The van der Waals surface area contributed by atoms with Crippen LogP contribution in [0.5, 0.6) is 0 Å². The predicted molar refractivity (Wildman–Crippen MR) is 57.6 cm³/mol. The summed E-state index contributed by atoms with van der Waals surface area (Å²) in [5.41, 5.74) is -1.61. The van der Waals surface area contributed by atoms with Gasteiger partial charge in [0.25, 0.3) is 0 Å². The topological polar surface area (TPSA) is 38.7 Å². The smallest absolute Gasteiger partial charge is 0.126 e. The van der Waals surface area contributed by atoms with Crippen molar-refractivity contribution in [1.29, 1.82) is 0 Å². The van der Waals surface area contributed by atoms with Crippen molar-refractivity contribution in [3.05, 3.63) is 0 Å². The zero-order valence-corrected chi connectivity index (χ0v) is 8.84. The van der Waals surface area contributed by atoms with Crippen LogP contribution < -0.4 is 0 Å². The van der Waals surface area contributed by atoms with Crippen LogP contribution in [0.15, 0.2) is 0 Å². The molecule has 0 aromatic rings. The Morgan fingerprint density at radius 2 is 1.46 bits per heavy atom. The van der Waals surface area contributed by atoms with E-state index in [9.17, 15) is 5.11 Å². The van der Waals surface area contributed by atoms with Crippen molar-refractivity contribution in [2.24, 2.45) is 0 Å². The van der Waals surface area contributed by atoms with Gasteiger partial charge in [-0.25, -0.2) is 9.78 Å². The minimum absolute atomic E-state index is 0. The summed E-state index contributed by atoms with van der Waals surface area (Å²) in [5, 5.41) is 9.65. The molecule has 1 N–H and O–H groups in total. The van der Waals surface area contributed by atoms with Crippen molar-refractivity contribution in [3.8, 4) is 0 Å². The quantitative estimate of drug-likeness (QED) is 0.403. The SMILES string of the molecule is B.CC(C)OOC(C)(C)C(C)(C)O. The van der Waals surface area contributed by atoms with Gasteiger partial charge in [0.05, 0.1) is 20.1 Å². The molecule has 0 aliphatic heterocycles. The van der Waals surface area contributed by atoms with Crippen LogP contribution in [0.4, 0.5) is 0 Å². The average molecular weight is 190 g/mol. The summed E-state index contributed by atoms with van der Waals surface area (Å²) in [6.45, 7) is 10.7. The maximum absolute atomic E-state index is 9.65. The summed E-state index contributed by atoms with van der Waals surface area (Å²) < 4.78 is 0. The van der Waals surface area contributed by atoms with Crippen molar-refractivity contribution in [3.63, 3.8) is 0 Å². The molecule has 0 heterocycles. The molecule has 0 saturated heterocycles. The molecule has 0 radical (unpaired) electrons. The first kappa shape index (κ1) is 15.4. The van der Waals surface area contributed by atoms with Crippen LogP contribution in [0, 0.1) is 0 Å². The van der Waals surface area contributed by atoms with E-state index in [1.165, 1.54) is 0 Å². The van der Waals surface area contributed by atoms with Crippen molar-refractivity contribution < 1.29 is 14.9 Å². The Labute approximate surface area is 82.9 Å². The van der Waals surface area contributed by atoms with Crippen LogP contribution in [0.3, 0.4) is 0 Å². The van der Waals surface area contributed by atoms with Gasteiger partial charge in [-0.05, 0) is 41.5 Å². The van der Waals surface area contributed by atoms with Gasteiger partial charge in [-0.15, -0.1) is 0 Å². The molecule has 0 rings (SSSR count). The molecule has 0 spiro atoms. The summed E-state index contributed by atoms with van der Waals surface area (Å²) >= 11 is 0. The standard InChI is InChI=1S/C9H20O3.BH3/c1-7(2)11-12-9(5,6)8(3,4)10;/h7,10H,1-6H3;1H3. The third kappa shape index (κ3) is 5.29. The zero-order valence-electron chi connectivity index (χ0n) is 8.84. The second-order valence-corrected chi connectivity index (χ2v) is 4.30. The fourth-order valence-corrected chi connectivity index (χ4v) is 0.318. The van der Waals surface area contributed by atoms with Crippen LogP contribution in [-0.4, -0.2) is 30.8 Å². The van der Waals surface area contributed by atoms with Gasteiger partial charge in [-0.2, -0.15) is 0 Å². The first-order chi connectivity index (χ1) is 5.17. The summed E-state index contributed by atoms with van der Waals surface area (Å²) in [5.74, 6) is 0. The highest BCUT2D eigenvalue weighted by molar-refractivity contribution is 5.75. The molecule has 0 unspecified atom stereocenters. The lowest BCUT2D eigenvalue weighted by molar-refractivity contribution is -0.396. The lowest BCUT2D eigenvalue weighted by Crippen LogP contribution is -2.47. The minimum atomic E-state index is -0.915. The van der Waals surface area contributed by atoms with Gasteiger partial charge in [0.1, 0.15) is 5.60 Å². The van der Waals surface area contributed by atoms with Crippen LogP contribution in [0.25, 0.3) is 0 Å². The first-order valence-corrected chi connectivity index (χ1v) is 4.23. The van der Waals surface area contributed by atoms with E-state index >= 15 is 0 Å². The molecular formula is C9H23BO3. The highest BCUT2D eigenvalue weighted by Crippen LogP contribution is 2.25. The molecule has 0 atom stereocenters. The molecule has 80 valence electrons. The Morgan fingerprint density at radius 3 is 1.69 bits per heavy atom. The number of hydrogen-bond donors (Lipinski definition) is 1. The molecule has 13 heavy (non-hydrogen) atoms. The van der Waals surface area contributed by atoms with Gasteiger partial charge in [-0.3, -0.25) is 0 Å². The monoisotopic (exact) mass is 190 g/mol. The second kappa shape index (κ2) is 4.98. The van der Waals surface area contributed by atoms with E-state index in [0.29, 0.717) is 0 Å². The molecule has 0 aliphatic rings. The Kier molecular flexibility index (Phi) is 5.91. The fourth-order valence-electron chi connectivity index (χ4n) is 0.318. The summed E-state index contributed by atoms with van der Waals surface area (Å²) in [7, 11) is 0. The molecule has 3 nitrogen and oxygen atoms in total. The molecule has 0 aromatic heterocycles. The Morgan fingerprint density at radius 1 is 1.08 bits per heavy atom. The van der Waals surface area contributed by atoms with Gasteiger partial charge in [0.2, 0.25) is 0 Å². The van der Waals surface area contributed by atoms with E-state index < -0.39 is 11.2 Å². The molecule has 0 aromatic carbocycles. The van der Waals surface area contributed by atoms with Crippen molar-refractivity contribution in [2.45, 2.75) is 58.8 Å². The fraction of sp³-hybridized carbons (Fsp3) is 1.00. The Bertz CT molecular complexity index is 138. The molecule has 0 amide bonds. The Hall–Kier alpha value is -0.0551. The van der Waals surface area contributed by atoms with Gasteiger partial charge in [0.15, 0.2) is 0 Å². The number of aliphatic hydroxyl groups is 1. The largest absolute Gasteiger partial charge is 0.387 e. The van der Waals surface area contributed by atoms with Gasteiger partial charge >= 0.3 is 0 Å². The molecule has 0 saturated carbocycles. The van der Waals surface area contributed by atoms with Gasteiger partial charge in [0, 0.05) is 0 Å². The molecule has 0 bridgehead atoms. The first-order valence-electron chi connectivity index (χ1n) is 4.23. The van der Waals surface area contributed by atoms with E-state index in [1.807, 2.05) is 13.8 Å². The molecular weight excluding hydrogens is 167 g/mol. The lowest BCUT2D eigenvalue weighted by Gasteiger charge is -2.35. The second-order valence-electron chi connectivity index (χ2n) is 4.30. The highest BCUT2D eigenvalue weighted by atomic mass is 17.2. The van der Waals surface area contributed by atoms with Gasteiger partial charge in [-0.1, -0.05) is 0 Å². The summed E-state index contributed by atoms with van der Waals surface area (Å²) in [6, 6.07) is 0. The third-order valence-corrected chi connectivity index (χ3v) is 1.92. The van der Waals surface area contributed by atoms with E-state index in [-0.39, 0.29) is 14.5 Å². The maximum atomic E-state index is 9.65. The molecule has 0 aliphatic carbocycles. The maximum Gasteiger partial charge on any atom is 0.126 e. The van der Waals surface area contributed by atoms with Crippen LogP contribution >= 0.6 is 0 Å². The van der Waals surface area contributed by atoms with E-state index in [4.69, 9.17) is 9.78 Å². The van der Waals surface area contributed by atoms with Crippen molar-refractivity contribution in [1.82, 2.24) is 0 Å². The van der Waals surface area contributed by atoms with Crippen molar-refractivity contribution in [2.75, 3.05) is 0 Å².